The summed E-state index contributed by atoms with van der Waals surface area (Å²) in [6.07, 6.45) is 0. The Labute approximate surface area is 104 Å². The molecule has 0 aromatic heterocycles. The third-order valence-corrected chi connectivity index (χ3v) is 2.52. The predicted molar refractivity (Wildman–Crippen MR) is 68.7 cm³/mol. The van der Waals surface area contributed by atoms with Gasteiger partial charge in [-0.15, -0.1) is 0 Å². The van der Waals surface area contributed by atoms with E-state index in [1.54, 1.807) is 4.90 Å². The van der Waals surface area contributed by atoms with Gasteiger partial charge in [-0.3, -0.25) is 0 Å². The Morgan fingerprint density at radius 3 is 2.35 bits per heavy atom. The van der Waals surface area contributed by atoms with E-state index in [4.69, 9.17) is 28.2 Å². The maximum Gasteiger partial charge on any atom is 0.124 e. The third-order valence-electron chi connectivity index (χ3n) is 2.30. The molecule has 4 nitrogen and oxygen atoms in total. The van der Waals surface area contributed by atoms with Gasteiger partial charge in [0.05, 0.1) is 13.2 Å². The van der Waals surface area contributed by atoms with Gasteiger partial charge in [-0.2, -0.15) is 0 Å². The topological polar surface area (TPSA) is 69.7 Å². The maximum absolute atomic E-state index is 13.1. The standard InChI is InChI=1S/C11H15FN2O2S/c12-8-1-2-10(9(7-8)11(13)17)14(3-5-15)4-6-16/h1-2,7,15-16H,3-6H2,(H2,13,17). The first-order valence-corrected chi connectivity index (χ1v) is 5.57. The molecule has 0 fully saturated rings. The van der Waals surface area contributed by atoms with Crippen LogP contribution in [0.1, 0.15) is 5.56 Å². The lowest BCUT2D eigenvalue weighted by molar-refractivity contribution is 0.281. The molecule has 0 aliphatic rings. The summed E-state index contributed by atoms with van der Waals surface area (Å²) in [5.41, 5.74) is 6.54. The lowest BCUT2D eigenvalue weighted by Crippen LogP contribution is -2.31. The molecule has 0 aliphatic heterocycles. The smallest absolute Gasteiger partial charge is 0.124 e. The number of thiocarbonyl (C=S) groups is 1. The van der Waals surface area contributed by atoms with E-state index >= 15 is 0 Å². The van der Waals surface area contributed by atoms with Crippen molar-refractivity contribution in [1.82, 2.24) is 0 Å². The van der Waals surface area contributed by atoms with Crippen molar-refractivity contribution in [3.63, 3.8) is 0 Å². The molecule has 6 heteroatoms. The second-order valence-electron chi connectivity index (χ2n) is 3.46. The minimum absolute atomic E-state index is 0.0752. The second-order valence-corrected chi connectivity index (χ2v) is 3.90. The van der Waals surface area contributed by atoms with Gasteiger partial charge in [0.25, 0.3) is 0 Å². The van der Waals surface area contributed by atoms with E-state index in [-0.39, 0.29) is 18.2 Å². The number of anilines is 1. The summed E-state index contributed by atoms with van der Waals surface area (Å²) in [6, 6.07) is 4.08. The zero-order chi connectivity index (χ0) is 12.8. The minimum atomic E-state index is -0.426. The van der Waals surface area contributed by atoms with Gasteiger partial charge >= 0.3 is 0 Å². The Balaban J connectivity index is 3.12. The molecule has 0 saturated heterocycles. The number of nitrogens with two attached hydrogens (primary N) is 1. The Kier molecular flexibility index (Phi) is 5.27. The predicted octanol–water partition coefficient (Wildman–Crippen LogP) is 0.251. The van der Waals surface area contributed by atoms with E-state index in [0.29, 0.717) is 24.3 Å². The van der Waals surface area contributed by atoms with Crippen LogP contribution < -0.4 is 10.6 Å². The first kappa shape index (κ1) is 13.8. The molecule has 1 aromatic rings. The summed E-state index contributed by atoms with van der Waals surface area (Å²) < 4.78 is 13.1. The van der Waals surface area contributed by atoms with Gasteiger partial charge in [-0.1, -0.05) is 12.2 Å². The van der Waals surface area contributed by atoms with Crippen LogP contribution in [0.4, 0.5) is 10.1 Å². The molecule has 4 N–H and O–H groups in total. The first-order valence-electron chi connectivity index (χ1n) is 5.16. The van der Waals surface area contributed by atoms with Crippen LogP contribution in [-0.4, -0.2) is 41.5 Å². The highest BCUT2D eigenvalue weighted by atomic mass is 32.1. The van der Waals surface area contributed by atoms with Crippen molar-refractivity contribution in [1.29, 1.82) is 0 Å². The van der Waals surface area contributed by atoms with Crippen molar-refractivity contribution >= 4 is 22.9 Å². The molecule has 1 aromatic carbocycles. The van der Waals surface area contributed by atoms with E-state index in [1.807, 2.05) is 0 Å². The fourth-order valence-corrected chi connectivity index (χ4v) is 1.74. The molecule has 1 rings (SSSR count). The van der Waals surface area contributed by atoms with Crippen molar-refractivity contribution in [3.05, 3.63) is 29.6 Å². The quantitative estimate of drug-likeness (QED) is 0.638. The van der Waals surface area contributed by atoms with Crippen LogP contribution >= 0.6 is 12.2 Å². The van der Waals surface area contributed by atoms with E-state index < -0.39 is 5.82 Å². The Hall–Kier alpha value is -1.24. The van der Waals surface area contributed by atoms with Crippen molar-refractivity contribution in [2.75, 3.05) is 31.2 Å². The van der Waals surface area contributed by atoms with Gasteiger partial charge in [0.15, 0.2) is 0 Å². The summed E-state index contributed by atoms with van der Waals surface area (Å²) in [6.45, 7) is 0.492. The van der Waals surface area contributed by atoms with Crippen molar-refractivity contribution in [3.8, 4) is 0 Å². The molecule has 0 atom stereocenters. The van der Waals surface area contributed by atoms with E-state index in [2.05, 4.69) is 0 Å². The number of rotatable bonds is 6. The Bertz CT molecular complexity index is 395. The van der Waals surface area contributed by atoms with Gasteiger partial charge < -0.3 is 20.8 Å². The summed E-state index contributed by atoms with van der Waals surface area (Å²) >= 11 is 4.86. The van der Waals surface area contributed by atoms with Gasteiger partial charge in [0, 0.05) is 24.3 Å². The van der Waals surface area contributed by atoms with E-state index in [9.17, 15) is 4.39 Å². The molecule has 17 heavy (non-hydrogen) atoms. The summed E-state index contributed by atoms with van der Waals surface area (Å²) in [4.78, 5) is 1.79. The van der Waals surface area contributed by atoms with Gasteiger partial charge in [-0.25, -0.2) is 4.39 Å². The van der Waals surface area contributed by atoms with Crippen LogP contribution in [0.5, 0.6) is 0 Å². The van der Waals surface area contributed by atoms with Crippen LogP contribution in [0, 0.1) is 5.82 Å². The zero-order valence-electron chi connectivity index (χ0n) is 9.27. The monoisotopic (exact) mass is 258 g/mol. The highest BCUT2D eigenvalue weighted by molar-refractivity contribution is 7.80. The van der Waals surface area contributed by atoms with E-state index in [1.165, 1.54) is 18.2 Å². The van der Waals surface area contributed by atoms with Crippen molar-refractivity contribution < 1.29 is 14.6 Å². The Morgan fingerprint density at radius 1 is 1.29 bits per heavy atom. The molecule has 94 valence electrons. The first-order chi connectivity index (χ1) is 8.10. The number of aliphatic hydroxyl groups excluding tert-OH is 2. The van der Waals surface area contributed by atoms with Crippen LogP contribution in [-0.2, 0) is 0 Å². The van der Waals surface area contributed by atoms with Gasteiger partial charge in [-0.05, 0) is 18.2 Å². The Morgan fingerprint density at radius 2 is 1.88 bits per heavy atom. The third kappa shape index (κ3) is 3.62. The summed E-state index contributed by atoms with van der Waals surface area (Å²) in [5.74, 6) is -0.426. The highest BCUT2D eigenvalue weighted by Crippen LogP contribution is 2.21. The van der Waals surface area contributed by atoms with E-state index in [0.717, 1.165) is 0 Å². The number of halogens is 1. The lowest BCUT2D eigenvalue weighted by atomic mass is 10.1. The minimum Gasteiger partial charge on any atom is -0.395 e. The number of benzene rings is 1. The van der Waals surface area contributed by atoms with Crippen molar-refractivity contribution in [2.45, 2.75) is 0 Å². The molecule has 0 heterocycles. The largest absolute Gasteiger partial charge is 0.395 e. The number of nitrogens with zero attached hydrogens (tertiary/aromatic N) is 1. The zero-order valence-corrected chi connectivity index (χ0v) is 10.1. The molecule has 0 amide bonds. The SMILES string of the molecule is NC(=S)c1cc(F)ccc1N(CCO)CCO. The average molecular weight is 258 g/mol. The highest BCUT2D eigenvalue weighted by Gasteiger charge is 2.13. The fraction of sp³-hybridized carbons (Fsp3) is 0.364. The molecular weight excluding hydrogens is 243 g/mol. The second kappa shape index (κ2) is 6.48. The number of hydrogen-bond donors (Lipinski definition) is 3. The fourth-order valence-electron chi connectivity index (χ4n) is 1.58. The van der Waals surface area contributed by atoms with Crippen LogP contribution in [0.2, 0.25) is 0 Å². The summed E-state index contributed by atoms with van der Waals surface area (Å²) in [7, 11) is 0. The number of aliphatic hydroxyl groups is 2. The number of hydrogen-bond acceptors (Lipinski definition) is 4. The molecular formula is C11H15FN2O2S. The van der Waals surface area contributed by atoms with Gasteiger partial charge in [0.1, 0.15) is 10.8 Å². The molecule has 0 bridgehead atoms. The molecule has 0 unspecified atom stereocenters. The van der Waals surface area contributed by atoms with Crippen molar-refractivity contribution in [2.24, 2.45) is 5.73 Å². The lowest BCUT2D eigenvalue weighted by Gasteiger charge is -2.25. The molecule has 0 saturated carbocycles. The molecule has 0 aliphatic carbocycles. The molecule has 0 spiro atoms. The maximum atomic E-state index is 13.1. The normalized spacial score (nSPS) is 10.3. The van der Waals surface area contributed by atoms with Crippen LogP contribution in [0.15, 0.2) is 18.2 Å². The average Bonchev–Trinajstić information content (AvgIpc) is 2.28. The van der Waals surface area contributed by atoms with Crippen LogP contribution in [0.3, 0.4) is 0 Å². The summed E-state index contributed by atoms with van der Waals surface area (Å²) in [5, 5.41) is 17.9. The molecule has 0 radical (unpaired) electrons. The van der Waals surface area contributed by atoms with Crippen LogP contribution in [0.25, 0.3) is 0 Å². The van der Waals surface area contributed by atoms with Gasteiger partial charge in [0.2, 0.25) is 0 Å².